The molecule has 1 unspecified atom stereocenters. The number of hydrogen-bond donors (Lipinski definition) is 0. The highest BCUT2D eigenvalue weighted by Crippen LogP contribution is 2.61. The topological polar surface area (TPSA) is 0 Å². The monoisotopic (exact) mass is 534 g/mol. The first-order valence-corrected chi connectivity index (χ1v) is 14.1. The molecule has 0 aliphatic heterocycles. The number of benzene rings is 4. The molecule has 0 amide bonds. The second-order valence-electron chi connectivity index (χ2n) is 11.7. The van der Waals surface area contributed by atoms with E-state index < -0.39 is 5.41 Å². The summed E-state index contributed by atoms with van der Waals surface area (Å²) >= 11 is 13.0. The molecule has 0 aromatic heterocycles. The van der Waals surface area contributed by atoms with E-state index in [1.165, 1.54) is 44.5 Å². The average molecular weight is 536 g/mol. The van der Waals surface area contributed by atoms with Crippen molar-refractivity contribution in [3.05, 3.63) is 153 Å². The minimum absolute atomic E-state index is 0.0488. The van der Waals surface area contributed by atoms with Crippen molar-refractivity contribution in [1.29, 1.82) is 0 Å². The van der Waals surface area contributed by atoms with Crippen LogP contribution < -0.4 is 0 Å². The third kappa shape index (κ3) is 3.89. The van der Waals surface area contributed by atoms with E-state index in [4.69, 9.17) is 23.2 Å². The first-order valence-electron chi connectivity index (χ1n) is 13.4. The second-order valence-corrected chi connectivity index (χ2v) is 12.6. The molecule has 0 N–H and O–H groups in total. The summed E-state index contributed by atoms with van der Waals surface area (Å²) in [5.41, 5.74) is 10.2. The molecular formula is C36H32Cl2. The number of rotatable bonds is 4. The lowest BCUT2D eigenvalue weighted by Crippen LogP contribution is -2.38. The largest absolute Gasteiger partial charge is 0.0843 e. The summed E-state index contributed by atoms with van der Waals surface area (Å²) in [6.07, 6.45) is 4.94. The Morgan fingerprint density at radius 3 is 1.47 bits per heavy atom. The van der Waals surface area contributed by atoms with Gasteiger partial charge in [-0.1, -0.05) is 136 Å². The highest BCUT2D eigenvalue weighted by molar-refractivity contribution is 6.30. The van der Waals surface area contributed by atoms with Crippen molar-refractivity contribution in [2.45, 2.75) is 39.0 Å². The fourth-order valence-electron chi connectivity index (χ4n) is 6.69. The van der Waals surface area contributed by atoms with Crippen molar-refractivity contribution < 1.29 is 0 Å². The van der Waals surface area contributed by atoms with Crippen LogP contribution in [0, 0.1) is 11.3 Å². The molecule has 0 nitrogen and oxygen atoms in total. The van der Waals surface area contributed by atoms with E-state index >= 15 is 0 Å². The van der Waals surface area contributed by atoms with Gasteiger partial charge in [-0.15, -0.1) is 0 Å². The minimum Gasteiger partial charge on any atom is -0.0843 e. The zero-order valence-corrected chi connectivity index (χ0v) is 23.8. The van der Waals surface area contributed by atoms with Crippen LogP contribution in [0.2, 0.25) is 10.0 Å². The Kier molecular flexibility index (Phi) is 6.17. The lowest BCUT2D eigenvalue weighted by molar-refractivity contribution is 0.499. The first-order chi connectivity index (χ1) is 18.2. The molecule has 38 heavy (non-hydrogen) atoms. The van der Waals surface area contributed by atoms with Crippen molar-refractivity contribution in [2.75, 3.05) is 0 Å². The number of halogens is 2. The summed E-state index contributed by atoms with van der Waals surface area (Å²) in [5, 5.41) is 1.49. The zero-order chi connectivity index (χ0) is 26.7. The first kappa shape index (κ1) is 25.2. The Balaban J connectivity index is 1.76. The molecule has 190 valence electrons. The molecular weight excluding hydrogens is 503 g/mol. The van der Waals surface area contributed by atoms with Gasteiger partial charge in [0.25, 0.3) is 0 Å². The normalized spacial score (nSPS) is 17.2. The highest BCUT2D eigenvalue weighted by atomic mass is 35.5. The SMILES string of the molecule is CC1C=C(C(C)(C)C)C=C1C(c1ccc(Cl)cc1)(c1ccc(Cl)cc1)C1c2ccccc2-c2ccccc21. The second kappa shape index (κ2) is 9.30. The van der Waals surface area contributed by atoms with Gasteiger partial charge in [0.05, 0.1) is 5.41 Å². The summed E-state index contributed by atoms with van der Waals surface area (Å²) in [6.45, 7) is 9.25. The molecule has 0 spiro atoms. The Hall–Kier alpha value is -3.06. The van der Waals surface area contributed by atoms with Gasteiger partial charge in [0.15, 0.2) is 0 Å². The summed E-state index contributed by atoms with van der Waals surface area (Å²) in [5.74, 6) is 0.342. The van der Waals surface area contributed by atoms with Crippen molar-refractivity contribution in [1.82, 2.24) is 0 Å². The number of allylic oxidation sites excluding steroid dienone is 4. The Labute approximate surface area is 236 Å². The van der Waals surface area contributed by atoms with Crippen LogP contribution >= 0.6 is 23.2 Å². The van der Waals surface area contributed by atoms with Gasteiger partial charge in [0.2, 0.25) is 0 Å². The van der Waals surface area contributed by atoms with E-state index in [0.717, 1.165) is 10.0 Å². The summed E-state index contributed by atoms with van der Waals surface area (Å²) in [7, 11) is 0. The van der Waals surface area contributed by atoms with E-state index in [0.29, 0.717) is 0 Å². The van der Waals surface area contributed by atoms with Crippen molar-refractivity contribution >= 4 is 23.2 Å². The predicted octanol–water partition coefficient (Wildman–Crippen LogP) is 10.6. The smallest absolute Gasteiger partial charge is 0.0529 e. The van der Waals surface area contributed by atoms with Gasteiger partial charge in [-0.05, 0) is 80.1 Å². The van der Waals surface area contributed by atoms with Crippen LogP contribution in [0.3, 0.4) is 0 Å². The van der Waals surface area contributed by atoms with Gasteiger partial charge in [0.1, 0.15) is 0 Å². The van der Waals surface area contributed by atoms with Gasteiger partial charge >= 0.3 is 0 Å². The van der Waals surface area contributed by atoms with Crippen LogP contribution in [0.1, 0.15) is 55.9 Å². The molecule has 0 fully saturated rings. The third-order valence-corrected chi connectivity index (χ3v) is 8.92. The Morgan fingerprint density at radius 2 is 1.05 bits per heavy atom. The van der Waals surface area contributed by atoms with Crippen LogP contribution in [0.25, 0.3) is 11.1 Å². The van der Waals surface area contributed by atoms with Gasteiger partial charge in [0, 0.05) is 16.0 Å². The predicted molar refractivity (Wildman–Crippen MR) is 162 cm³/mol. The maximum absolute atomic E-state index is 6.48. The van der Waals surface area contributed by atoms with E-state index in [9.17, 15) is 0 Å². The van der Waals surface area contributed by atoms with E-state index in [2.05, 4.69) is 113 Å². The molecule has 6 rings (SSSR count). The molecule has 4 aromatic carbocycles. The molecule has 0 saturated carbocycles. The van der Waals surface area contributed by atoms with Gasteiger partial charge in [-0.25, -0.2) is 0 Å². The summed E-state index contributed by atoms with van der Waals surface area (Å²) in [4.78, 5) is 0. The van der Waals surface area contributed by atoms with E-state index in [1.807, 2.05) is 24.3 Å². The fourth-order valence-corrected chi connectivity index (χ4v) is 6.95. The number of fused-ring (bicyclic) bond motifs is 3. The van der Waals surface area contributed by atoms with Crippen LogP contribution in [0.5, 0.6) is 0 Å². The van der Waals surface area contributed by atoms with Gasteiger partial charge in [-0.3, -0.25) is 0 Å². The summed E-state index contributed by atoms with van der Waals surface area (Å²) < 4.78 is 0. The maximum Gasteiger partial charge on any atom is 0.0529 e. The molecule has 2 aliphatic carbocycles. The lowest BCUT2D eigenvalue weighted by Gasteiger charge is -2.44. The van der Waals surface area contributed by atoms with Gasteiger partial charge < -0.3 is 0 Å². The molecule has 1 atom stereocenters. The number of hydrogen-bond acceptors (Lipinski definition) is 0. The molecule has 0 bridgehead atoms. The van der Waals surface area contributed by atoms with Gasteiger partial charge in [-0.2, -0.15) is 0 Å². The van der Waals surface area contributed by atoms with Crippen molar-refractivity contribution in [3.8, 4) is 11.1 Å². The Bertz CT molecular complexity index is 1470. The van der Waals surface area contributed by atoms with Crippen LogP contribution in [0.15, 0.2) is 120 Å². The van der Waals surface area contributed by atoms with Crippen LogP contribution in [-0.4, -0.2) is 0 Å². The molecule has 0 heterocycles. The quantitative estimate of drug-likeness (QED) is 0.244. The molecule has 4 aromatic rings. The molecule has 2 heteroatoms. The van der Waals surface area contributed by atoms with Crippen molar-refractivity contribution in [3.63, 3.8) is 0 Å². The highest BCUT2D eigenvalue weighted by Gasteiger charge is 2.52. The molecule has 2 aliphatic rings. The minimum atomic E-state index is -0.471. The standard InChI is InChI=1S/C36H32Cl2/c1-23-21-26(35(2,3)4)22-33(23)36(24-13-17-27(37)18-14-24,25-15-19-28(38)20-16-25)34-31-11-7-5-9-29(31)30-10-6-8-12-32(30)34/h5-23,34H,1-4H3. The van der Waals surface area contributed by atoms with E-state index in [1.54, 1.807) is 0 Å². The summed E-state index contributed by atoms with van der Waals surface area (Å²) in [6, 6.07) is 34.9. The fraction of sp³-hybridized carbons (Fsp3) is 0.222. The zero-order valence-electron chi connectivity index (χ0n) is 22.3. The van der Waals surface area contributed by atoms with E-state index in [-0.39, 0.29) is 17.3 Å². The van der Waals surface area contributed by atoms with Crippen molar-refractivity contribution in [2.24, 2.45) is 11.3 Å². The molecule has 0 radical (unpaired) electrons. The Morgan fingerprint density at radius 1 is 0.605 bits per heavy atom. The van der Waals surface area contributed by atoms with Crippen LogP contribution in [-0.2, 0) is 5.41 Å². The maximum atomic E-state index is 6.48. The van der Waals surface area contributed by atoms with Crippen LogP contribution in [0.4, 0.5) is 0 Å². The third-order valence-electron chi connectivity index (χ3n) is 8.42. The average Bonchev–Trinajstić information content (AvgIpc) is 3.46. The lowest BCUT2D eigenvalue weighted by atomic mass is 9.57. The molecule has 0 saturated heterocycles.